The molecule has 0 bridgehead atoms. The van der Waals surface area contributed by atoms with Gasteiger partial charge in [0.2, 0.25) is 11.8 Å². The molecule has 1 saturated heterocycles. The van der Waals surface area contributed by atoms with Crippen molar-refractivity contribution < 1.29 is 9.21 Å². The Bertz CT molecular complexity index is 1200. The molecule has 1 amide bonds. The van der Waals surface area contributed by atoms with E-state index in [9.17, 15) is 4.79 Å². The van der Waals surface area contributed by atoms with Crippen molar-refractivity contribution in [2.75, 3.05) is 36.8 Å². The molecule has 158 valence electrons. The van der Waals surface area contributed by atoms with E-state index in [1.165, 1.54) is 11.8 Å². The van der Waals surface area contributed by atoms with E-state index in [2.05, 4.69) is 25.1 Å². The number of fused-ring (bicyclic) bond motifs is 1. The molecule has 0 aliphatic carbocycles. The van der Waals surface area contributed by atoms with Crippen LogP contribution in [0.3, 0.4) is 0 Å². The Hall–Kier alpha value is -2.69. The Morgan fingerprint density at radius 3 is 2.71 bits per heavy atom. The topological polar surface area (TPSA) is 88.3 Å². The Morgan fingerprint density at radius 1 is 1.10 bits per heavy atom. The number of nitrogens with zero attached hydrogens (tertiary/aromatic N) is 6. The van der Waals surface area contributed by atoms with Crippen molar-refractivity contribution in [3.63, 3.8) is 0 Å². The fraction of sp³-hybridized carbons (Fsp3) is 0.250. The van der Waals surface area contributed by atoms with Gasteiger partial charge in [-0.15, -0.1) is 21.5 Å². The van der Waals surface area contributed by atoms with Gasteiger partial charge in [-0.05, 0) is 35.7 Å². The predicted octanol–water partition coefficient (Wildman–Crippen LogP) is 3.84. The Kier molecular flexibility index (Phi) is 5.75. The van der Waals surface area contributed by atoms with Crippen LogP contribution in [0.1, 0.15) is 0 Å². The molecule has 8 nitrogen and oxygen atoms in total. The van der Waals surface area contributed by atoms with Crippen LogP contribution < -0.4 is 4.90 Å². The number of thiophene rings is 1. The monoisotopic (exact) mass is 472 g/mol. The van der Waals surface area contributed by atoms with E-state index in [0.29, 0.717) is 29.2 Å². The summed E-state index contributed by atoms with van der Waals surface area (Å²) < 4.78 is 5.66. The average Bonchev–Trinajstić information content (AvgIpc) is 3.47. The van der Waals surface area contributed by atoms with Gasteiger partial charge in [-0.1, -0.05) is 23.4 Å². The van der Waals surface area contributed by atoms with Crippen molar-refractivity contribution in [3.8, 4) is 11.5 Å². The molecule has 0 N–H and O–H groups in total. The van der Waals surface area contributed by atoms with E-state index in [0.717, 1.165) is 34.7 Å². The van der Waals surface area contributed by atoms with Crippen molar-refractivity contribution in [2.24, 2.45) is 0 Å². The molecule has 1 aromatic carbocycles. The minimum absolute atomic E-state index is 0.0549. The van der Waals surface area contributed by atoms with E-state index >= 15 is 0 Å². The number of benzene rings is 1. The first-order chi connectivity index (χ1) is 15.2. The number of anilines is 1. The summed E-state index contributed by atoms with van der Waals surface area (Å²) in [7, 11) is 0. The highest BCUT2D eigenvalue weighted by molar-refractivity contribution is 7.99. The first-order valence-corrected chi connectivity index (χ1v) is 11.8. The average molecular weight is 473 g/mol. The molecule has 0 atom stereocenters. The summed E-state index contributed by atoms with van der Waals surface area (Å²) >= 11 is 8.76. The third kappa shape index (κ3) is 4.36. The van der Waals surface area contributed by atoms with Crippen LogP contribution in [0.4, 0.5) is 5.82 Å². The third-order valence-corrected chi connectivity index (χ3v) is 6.87. The van der Waals surface area contributed by atoms with Crippen LogP contribution in [-0.2, 0) is 4.79 Å². The fourth-order valence-corrected chi connectivity index (χ4v) is 4.91. The standard InChI is InChI=1S/C20H17ClN6O2S2/c21-14-3-1-13(2-4-14)18-24-25-20(29-18)31-11-16(28)26-6-8-27(9-7-26)17-15-5-10-30-19(15)23-12-22-17/h1-5,10,12H,6-9,11H2. The van der Waals surface area contributed by atoms with E-state index in [1.807, 2.05) is 28.5 Å². The molecule has 0 radical (unpaired) electrons. The number of hydrogen-bond acceptors (Lipinski definition) is 9. The maximum Gasteiger partial charge on any atom is 0.277 e. The van der Waals surface area contributed by atoms with Gasteiger partial charge in [0, 0.05) is 36.8 Å². The van der Waals surface area contributed by atoms with Crippen molar-refractivity contribution in [1.29, 1.82) is 0 Å². The van der Waals surface area contributed by atoms with Crippen molar-refractivity contribution >= 4 is 56.6 Å². The number of carbonyl (C=O) groups is 1. The number of hydrogen-bond donors (Lipinski definition) is 0. The number of amides is 1. The molecule has 1 aliphatic rings. The van der Waals surface area contributed by atoms with Crippen LogP contribution in [0.25, 0.3) is 21.7 Å². The highest BCUT2D eigenvalue weighted by atomic mass is 35.5. The van der Waals surface area contributed by atoms with E-state index in [-0.39, 0.29) is 11.7 Å². The number of rotatable bonds is 5. The van der Waals surface area contributed by atoms with Crippen molar-refractivity contribution in [3.05, 3.63) is 47.1 Å². The zero-order chi connectivity index (χ0) is 21.2. The Morgan fingerprint density at radius 2 is 1.90 bits per heavy atom. The molecule has 3 aromatic heterocycles. The molecule has 0 spiro atoms. The minimum Gasteiger partial charge on any atom is -0.411 e. The molecule has 4 heterocycles. The van der Waals surface area contributed by atoms with Gasteiger partial charge in [0.25, 0.3) is 5.22 Å². The van der Waals surface area contributed by atoms with Gasteiger partial charge in [-0.2, -0.15) is 0 Å². The highest BCUT2D eigenvalue weighted by Gasteiger charge is 2.24. The SMILES string of the molecule is O=C(CSc1nnc(-c2ccc(Cl)cc2)o1)N1CCN(c2ncnc3sccc23)CC1. The van der Waals surface area contributed by atoms with Crippen molar-refractivity contribution in [1.82, 2.24) is 25.1 Å². The summed E-state index contributed by atoms with van der Waals surface area (Å²) in [5.74, 6) is 1.65. The van der Waals surface area contributed by atoms with E-state index in [1.54, 1.807) is 29.8 Å². The van der Waals surface area contributed by atoms with Crippen LogP contribution in [0.2, 0.25) is 5.02 Å². The lowest BCUT2D eigenvalue weighted by Crippen LogP contribution is -2.49. The first-order valence-electron chi connectivity index (χ1n) is 9.60. The summed E-state index contributed by atoms with van der Waals surface area (Å²) in [6, 6.07) is 9.21. The van der Waals surface area contributed by atoms with Crippen LogP contribution in [-0.4, -0.2) is 62.9 Å². The molecule has 0 saturated carbocycles. The molecular weight excluding hydrogens is 456 g/mol. The van der Waals surface area contributed by atoms with Gasteiger partial charge < -0.3 is 14.2 Å². The molecule has 0 unspecified atom stereocenters. The van der Waals surface area contributed by atoms with Crippen molar-refractivity contribution in [2.45, 2.75) is 5.22 Å². The second-order valence-electron chi connectivity index (χ2n) is 6.87. The van der Waals surface area contributed by atoms with Gasteiger partial charge in [0.05, 0.1) is 11.1 Å². The zero-order valence-electron chi connectivity index (χ0n) is 16.3. The summed E-state index contributed by atoms with van der Waals surface area (Å²) in [5, 5.41) is 12.2. The summed E-state index contributed by atoms with van der Waals surface area (Å²) in [5.41, 5.74) is 0.788. The number of piperazine rings is 1. The number of aromatic nitrogens is 4. The maximum atomic E-state index is 12.7. The zero-order valence-corrected chi connectivity index (χ0v) is 18.7. The maximum absolute atomic E-state index is 12.7. The predicted molar refractivity (Wildman–Crippen MR) is 122 cm³/mol. The van der Waals surface area contributed by atoms with Gasteiger partial charge in [-0.25, -0.2) is 9.97 Å². The van der Waals surface area contributed by atoms with Gasteiger partial charge >= 0.3 is 0 Å². The number of halogens is 1. The van der Waals surface area contributed by atoms with Crippen LogP contribution >= 0.6 is 34.7 Å². The minimum atomic E-state index is 0.0549. The Labute approximate surface area is 191 Å². The van der Waals surface area contributed by atoms with Crippen LogP contribution in [0.15, 0.2) is 51.7 Å². The van der Waals surface area contributed by atoms with Gasteiger partial charge in [0.1, 0.15) is 17.0 Å². The molecule has 1 aliphatic heterocycles. The smallest absolute Gasteiger partial charge is 0.277 e. The summed E-state index contributed by atoms with van der Waals surface area (Å²) in [6.45, 7) is 2.77. The van der Waals surface area contributed by atoms with E-state index in [4.69, 9.17) is 16.0 Å². The normalized spacial score (nSPS) is 14.4. The molecular formula is C20H17ClN6O2S2. The lowest BCUT2D eigenvalue weighted by molar-refractivity contribution is -0.128. The number of thioether (sulfide) groups is 1. The summed E-state index contributed by atoms with van der Waals surface area (Å²) in [4.78, 5) is 26.5. The van der Waals surface area contributed by atoms with Gasteiger partial charge in [0.15, 0.2) is 0 Å². The first kappa shape index (κ1) is 20.2. The van der Waals surface area contributed by atoms with E-state index < -0.39 is 0 Å². The molecule has 4 aromatic rings. The highest BCUT2D eigenvalue weighted by Crippen LogP contribution is 2.28. The third-order valence-electron chi connectivity index (χ3n) is 4.99. The molecule has 1 fully saturated rings. The van der Waals surface area contributed by atoms with Crippen LogP contribution in [0, 0.1) is 0 Å². The lowest BCUT2D eigenvalue weighted by Gasteiger charge is -2.35. The molecule has 11 heteroatoms. The number of carbonyl (C=O) groups excluding carboxylic acids is 1. The van der Waals surface area contributed by atoms with Crippen LogP contribution in [0.5, 0.6) is 0 Å². The fourth-order valence-electron chi connectivity index (χ4n) is 3.39. The van der Waals surface area contributed by atoms with Gasteiger partial charge in [-0.3, -0.25) is 4.79 Å². The lowest BCUT2D eigenvalue weighted by atomic mass is 10.2. The molecule has 31 heavy (non-hydrogen) atoms. The largest absolute Gasteiger partial charge is 0.411 e. The Balaban J connectivity index is 1.15. The second-order valence-corrected chi connectivity index (χ2v) is 9.13. The second kappa shape index (κ2) is 8.81. The summed E-state index contributed by atoms with van der Waals surface area (Å²) in [6.07, 6.45) is 1.60. The molecule has 5 rings (SSSR count). The quantitative estimate of drug-likeness (QED) is 0.405.